The van der Waals surface area contributed by atoms with Crippen LogP contribution in [0.3, 0.4) is 0 Å². The molecule has 0 saturated heterocycles. The molecule has 0 aliphatic heterocycles. The van der Waals surface area contributed by atoms with Gasteiger partial charge in [0.25, 0.3) is 0 Å². The molecule has 0 aliphatic carbocycles. The summed E-state index contributed by atoms with van der Waals surface area (Å²) in [5.74, 6) is 0. The van der Waals surface area contributed by atoms with Gasteiger partial charge in [0.05, 0.1) is 16.4 Å². The van der Waals surface area contributed by atoms with Gasteiger partial charge >= 0.3 is 0 Å². The van der Waals surface area contributed by atoms with E-state index in [0.29, 0.717) is 0 Å². The van der Waals surface area contributed by atoms with Gasteiger partial charge in [-0.1, -0.05) is 0 Å². The Labute approximate surface area is 75.1 Å². The van der Waals surface area contributed by atoms with Gasteiger partial charge in [0.1, 0.15) is 0 Å². The SMILES string of the molecule is CN(C)Cc1c(Br)cnn1C. The van der Waals surface area contributed by atoms with Crippen LogP contribution in [0.15, 0.2) is 10.7 Å². The van der Waals surface area contributed by atoms with Crippen molar-refractivity contribution in [3.63, 3.8) is 0 Å². The van der Waals surface area contributed by atoms with Crippen LogP contribution in [0.2, 0.25) is 0 Å². The third-order valence-electron chi connectivity index (χ3n) is 1.48. The molecule has 0 amide bonds. The summed E-state index contributed by atoms with van der Waals surface area (Å²) >= 11 is 3.44. The first-order valence-electron chi connectivity index (χ1n) is 3.42. The smallest absolute Gasteiger partial charge is 0.0662 e. The fraction of sp³-hybridized carbons (Fsp3) is 0.571. The van der Waals surface area contributed by atoms with E-state index < -0.39 is 0 Å². The van der Waals surface area contributed by atoms with Crippen LogP contribution in [-0.4, -0.2) is 28.8 Å². The highest BCUT2D eigenvalue weighted by molar-refractivity contribution is 9.10. The molecule has 1 aromatic rings. The van der Waals surface area contributed by atoms with Crippen molar-refractivity contribution in [2.24, 2.45) is 7.05 Å². The molecule has 4 heteroatoms. The van der Waals surface area contributed by atoms with Crippen LogP contribution >= 0.6 is 15.9 Å². The molecule has 3 nitrogen and oxygen atoms in total. The van der Waals surface area contributed by atoms with Gasteiger partial charge in [0.2, 0.25) is 0 Å². The molecule has 0 atom stereocenters. The maximum Gasteiger partial charge on any atom is 0.0662 e. The number of rotatable bonds is 2. The normalized spacial score (nSPS) is 11.0. The van der Waals surface area contributed by atoms with Crippen LogP contribution in [0.25, 0.3) is 0 Å². The summed E-state index contributed by atoms with van der Waals surface area (Å²) in [5, 5.41) is 4.11. The van der Waals surface area contributed by atoms with Crippen molar-refractivity contribution in [3.8, 4) is 0 Å². The second-order valence-corrected chi connectivity index (χ2v) is 3.65. The van der Waals surface area contributed by atoms with Crippen LogP contribution in [0.1, 0.15) is 5.69 Å². The molecule has 0 spiro atoms. The summed E-state index contributed by atoms with van der Waals surface area (Å²) in [4.78, 5) is 2.11. The van der Waals surface area contributed by atoms with E-state index in [9.17, 15) is 0 Å². The number of hydrogen-bond donors (Lipinski definition) is 0. The van der Waals surface area contributed by atoms with Gasteiger partial charge in [-0.15, -0.1) is 0 Å². The topological polar surface area (TPSA) is 21.1 Å². The van der Waals surface area contributed by atoms with E-state index in [2.05, 4.69) is 25.9 Å². The quantitative estimate of drug-likeness (QED) is 0.744. The third kappa shape index (κ3) is 2.04. The summed E-state index contributed by atoms with van der Waals surface area (Å²) in [6.07, 6.45) is 1.82. The Hall–Kier alpha value is -0.350. The highest BCUT2D eigenvalue weighted by Gasteiger charge is 2.05. The summed E-state index contributed by atoms with van der Waals surface area (Å²) in [6.45, 7) is 0.914. The summed E-state index contributed by atoms with van der Waals surface area (Å²) < 4.78 is 2.96. The van der Waals surface area contributed by atoms with Gasteiger partial charge in [-0.2, -0.15) is 5.10 Å². The van der Waals surface area contributed by atoms with Gasteiger partial charge in [-0.05, 0) is 30.0 Å². The zero-order chi connectivity index (χ0) is 8.43. The standard InChI is InChI=1S/C7H12BrN3/c1-10(2)5-7-6(8)4-9-11(7)3/h4H,5H2,1-3H3. The lowest BCUT2D eigenvalue weighted by Gasteiger charge is -2.09. The Morgan fingerprint density at radius 3 is 2.64 bits per heavy atom. The predicted octanol–water partition coefficient (Wildman–Crippen LogP) is 1.24. The Balaban J connectivity index is 2.83. The fourth-order valence-corrected chi connectivity index (χ4v) is 1.39. The number of halogens is 1. The number of aromatic nitrogens is 2. The van der Waals surface area contributed by atoms with Crippen molar-refractivity contribution in [2.75, 3.05) is 14.1 Å². The highest BCUT2D eigenvalue weighted by atomic mass is 79.9. The van der Waals surface area contributed by atoms with Crippen molar-refractivity contribution in [3.05, 3.63) is 16.4 Å². The van der Waals surface area contributed by atoms with E-state index in [1.807, 2.05) is 32.0 Å². The molecule has 0 aromatic carbocycles. The van der Waals surface area contributed by atoms with Crippen molar-refractivity contribution >= 4 is 15.9 Å². The zero-order valence-corrected chi connectivity index (χ0v) is 8.59. The lowest BCUT2D eigenvalue weighted by atomic mass is 10.4. The minimum absolute atomic E-state index is 0.914. The molecule has 11 heavy (non-hydrogen) atoms. The molecule has 0 bridgehead atoms. The lowest BCUT2D eigenvalue weighted by Crippen LogP contribution is -2.14. The second-order valence-electron chi connectivity index (χ2n) is 2.80. The first-order chi connectivity index (χ1) is 5.11. The van der Waals surface area contributed by atoms with Gasteiger partial charge in [0.15, 0.2) is 0 Å². The average Bonchev–Trinajstić information content (AvgIpc) is 2.18. The van der Waals surface area contributed by atoms with E-state index in [1.54, 1.807) is 0 Å². The van der Waals surface area contributed by atoms with Gasteiger partial charge in [-0.25, -0.2) is 0 Å². The first-order valence-corrected chi connectivity index (χ1v) is 4.21. The minimum atomic E-state index is 0.914. The first kappa shape index (κ1) is 8.74. The summed E-state index contributed by atoms with van der Waals surface area (Å²) in [5.41, 5.74) is 1.20. The number of hydrogen-bond acceptors (Lipinski definition) is 2. The highest BCUT2D eigenvalue weighted by Crippen LogP contribution is 2.15. The molecule has 1 heterocycles. The monoisotopic (exact) mass is 217 g/mol. The van der Waals surface area contributed by atoms with E-state index in [0.717, 1.165) is 11.0 Å². The number of aryl methyl sites for hydroxylation is 1. The molecule has 62 valence electrons. The Kier molecular flexibility index (Phi) is 2.67. The molecular weight excluding hydrogens is 206 g/mol. The van der Waals surface area contributed by atoms with Gasteiger partial charge in [0, 0.05) is 13.6 Å². The molecule has 1 aromatic heterocycles. The maximum atomic E-state index is 4.11. The maximum absolute atomic E-state index is 4.11. The molecule has 0 radical (unpaired) electrons. The van der Waals surface area contributed by atoms with Gasteiger partial charge in [-0.3, -0.25) is 4.68 Å². The van der Waals surface area contributed by atoms with E-state index in [1.165, 1.54) is 5.69 Å². The Morgan fingerprint density at radius 1 is 1.64 bits per heavy atom. The Morgan fingerprint density at radius 2 is 2.27 bits per heavy atom. The second kappa shape index (κ2) is 3.36. The predicted molar refractivity (Wildman–Crippen MR) is 48.3 cm³/mol. The van der Waals surface area contributed by atoms with Crippen molar-refractivity contribution in [1.82, 2.24) is 14.7 Å². The van der Waals surface area contributed by atoms with Gasteiger partial charge < -0.3 is 4.90 Å². The molecule has 0 fully saturated rings. The molecule has 1 rings (SSSR count). The van der Waals surface area contributed by atoms with Crippen LogP contribution < -0.4 is 0 Å². The third-order valence-corrected chi connectivity index (χ3v) is 2.14. The summed E-state index contributed by atoms with van der Waals surface area (Å²) in [6, 6.07) is 0. The molecular formula is C7H12BrN3. The number of nitrogens with zero attached hydrogens (tertiary/aromatic N) is 3. The van der Waals surface area contributed by atoms with E-state index in [-0.39, 0.29) is 0 Å². The zero-order valence-electron chi connectivity index (χ0n) is 7.00. The van der Waals surface area contributed by atoms with Crippen LogP contribution in [-0.2, 0) is 13.6 Å². The van der Waals surface area contributed by atoms with Crippen LogP contribution in [0.4, 0.5) is 0 Å². The molecule has 0 aliphatic rings. The molecule has 0 N–H and O–H groups in total. The minimum Gasteiger partial charge on any atom is -0.304 e. The molecule has 0 saturated carbocycles. The van der Waals surface area contributed by atoms with Crippen LogP contribution in [0, 0.1) is 0 Å². The largest absolute Gasteiger partial charge is 0.304 e. The van der Waals surface area contributed by atoms with E-state index in [4.69, 9.17) is 0 Å². The lowest BCUT2D eigenvalue weighted by molar-refractivity contribution is 0.386. The summed E-state index contributed by atoms with van der Waals surface area (Å²) in [7, 11) is 6.03. The van der Waals surface area contributed by atoms with Crippen LogP contribution in [0.5, 0.6) is 0 Å². The average molecular weight is 218 g/mol. The fourth-order valence-electron chi connectivity index (χ4n) is 0.913. The van der Waals surface area contributed by atoms with Crippen molar-refractivity contribution in [1.29, 1.82) is 0 Å². The van der Waals surface area contributed by atoms with Crippen molar-refractivity contribution in [2.45, 2.75) is 6.54 Å². The van der Waals surface area contributed by atoms with E-state index >= 15 is 0 Å². The molecule has 0 unspecified atom stereocenters. The van der Waals surface area contributed by atoms with Crippen molar-refractivity contribution < 1.29 is 0 Å². The Bertz CT molecular complexity index is 222.